The molecule has 1 aliphatic carbocycles. The quantitative estimate of drug-likeness (QED) is 0.337. The average molecular weight is 391 g/mol. The molecule has 0 spiro atoms. The van der Waals surface area contributed by atoms with Gasteiger partial charge in [0.1, 0.15) is 0 Å². The first-order valence-corrected chi connectivity index (χ1v) is 12.4. The van der Waals surface area contributed by atoms with Crippen LogP contribution in [-0.2, 0) is 19.3 Å². The Balaban J connectivity index is 1.42. The zero-order valence-corrected chi connectivity index (χ0v) is 19.0. The molecule has 0 heterocycles. The second kappa shape index (κ2) is 12.2. The Morgan fingerprint density at radius 3 is 1.66 bits per heavy atom. The predicted octanol–water partition coefficient (Wildman–Crippen LogP) is 8.67. The van der Waals surface area contributed by atoms with E-state index in [1.54, 1.807) is 5.56 Å². The second-order valence-electron chi connectivity index (χ2n) is 9.38. The highest BCUT2D eigenvalue weighted by atomic mass is 14.3. The van der Waals surface area contributed by atoms with Gasteiger partial charge in [0.25, 0.3) is 0 Å². The lowest BCUT2D eigenvalue weighted by atomic mass is 9.77. The van der Waals surface area contributed by atoms with E-state index in [1.165, 1.54) is 87.3 Å². The highest BCUT2D eigenvalue weighted by Gasteiger charge is 2.21. The Hall–Kier alpha value is -1.56. The third-order valence-corrected chi connectivity index (χ3v) is 7.06. The summed E-state index contributed by atoms with van der Waals surface area (Å²) in [6.45, 7) is 4.59. The first-order valence-electron chi connectivity index (χ1n) is 12.4. The summed E-state index contributed by atoms with van der Waals surface area (Å²) < 4.78 is 0. The standard InChI is InChI=1S/C29H42/c1-3-5-7-9-25-10-12-26(13-11-25)14-15-27-18-22-29(23-19-27)28-20-16-24(17-21-28)8-6-4-2/h10-13,18-19,22-24,28H,3-9,14-17,20-21H2,1-2H3. The molecule has 2 aromatic rings. The Labute approximate surface area is 180 Å². The van der Waals surface area contributed by atoms with Crippen LogP contribution in [0.1, 0.15) is 106 Å². The summed E-state index contributed by atoms with van der Waals surface area (Å²) in [6.07, 6.45) is 17.4. The lowest BCUT2D eigenvalue weighted by Gasteiger charge is -2.29. The summed E-state index contributed by atoms with van der Waals surface area (Å²) in [7, 11) is 0. The van der Waals surface area contributed by atoms with E-state index in [1.807, 2.05) is 0 Å². The van der Waals surface area contributed by atoms with E-state index in [0.717, 1.165) is 24.7 Å². The van der Waals surface area contributed by atoms with Crippen LogP contribution in [-0.4, -0.2) is 0 Å². The van der Waals surface area contributed by atoms with Gasteiger partial charge in [-0.05, 0) is 85.5 Å². The molecule has 0 amide bonds. The van der Waals surface area contributed by atoms with Crippen LogP contribution in [0.2, 0.25) is 0 Å². The summed E-state index contributed by atoms with van der Waals surface area (Å²) in [6, 6.07) is 19.0. The topological polar surface area (TPSA) is 0 Å². The van der Waals surface area contributed by atoms with Gasteiger partial charge in [0, 0.05) is 0 Å². The zero-order valence-electron chi connectivity index (χ0n) is 19.0. The first kappa shape index (κ1) is 22.1. The van der Waals surface area contributed by atoms with E-state index < -0.39 is 0 Å². The van der Waals surface area contributed by atoms with Crippen LogP contribution in [0.25, 0.3) is 0 Å². The number of benzene rings is 2. The van der Waals surface area contributed by atoms with E-state index in [2.05, 4.69) is 62.4 Å². The largest absolute Gasteiger partial charge is 0.0654 e. The molecule has 0 atom stereocenters. The Morgan fingerprint density at radius 2 is 1.10 bits per heavy atom. The SMILES string of the molecule is CCCCCc1ccc(CCc2ccc(C3CCC(CCCC)CC3)cc2)cc1. The second-order valence-corrected chi connectivity index (χ2v) is 9.38. The van der Waals surface area contributed by atoms with Gasteiger partial charge in [-0.1, -0.05) is 94.5 Å². The highest BCUT2D eigenvalue weighted by Crippen LogP contribution is 2.37. The molecule has 0 nitrogen and oxygen atoms in total. The zero-order chi connectivity index (χ0) is 20.3. The molecular formula is C29H42. The highest BCUT2D eigenvalue weighted by molar-refractivity contribution is 5.28. The van der Waals surface area contributed by atoms with Crippen molar-refractivity contribution in [2.24, 2.45) is 5.92 Å². The summed E-state index contributed by atoms with van der Waals surface area (Å²) in [5, 5.41) is 0. The smallest absolute Gasteiger partial charge is 0.0162 e. The van der Waals surface area contributed by atoms with Crippen molar-refractivity contribution >= 4 is 0 Å². The molecular weight excluding hydrogens is 348 g/mol. The van der Waals surface area contributed by atoms with Gasteiger partial charge in [0.05, 0.1) is 0 Å². The Kier molecular flexibility index (Phi) is 9.32. The van der Waals surface area contributed by atoms with Crippen molar-refractivity contribution in [3.05, 3.63) is 70.8 Å². The fraction of sp³-hybridized carbons (Fsp3) is 0.586. The molecule has 0 aliphatic heterocycles. The molecule has 0 unspecified atom stereocenters. The van der Waals surface area contributed by atoms with E-state index in [-0.39, 0.29) is 0 Å². The molecule has 29 heavy (non-hydrogen) atoms. The maximum Gasteiger partial charge on any atom is -0.0162 e. The van der Waals surface area contributed by atoms with Crippen molar-refractivity contribution in [2.45, 2.75) is 103 Å². The van der Waals surface area contributed by atoms with Gasteiger partial charge in [-0.2, -0.15) is 0 Å². The van der Waals surface area contributed by atoms with Crippen molar-refractivity contribution in [3.63, 3.8) is 0 Å². The van der Waals surface area contributed by atoms with Crippen LogP contribution < -0.4 is 0 Å². The van der Waals surface area contributed by atoms with Crippen LogP contribution in [0.3, 0.4) is 0 Å². The molecule has 3 rings (SSSR count). The maximum atomic E-state index is 2.42. The van der Waals surface area contributed by atoms with Crippen molar-refractivity contribution in [2.75, 3.05) is 0 Å². The van der Waals surface area contributed by atoms with Gasteiger partial charge in [0.2, 0.25) is 0 Å². The number of rotatable bonds is 11. The Bertz CT molecular complexity index is 671. The van der Waals surface area contributed by atoms with Gasteiger partial charge in [-0.25, -0.2) is 0 Å². The first-order chi connectivity index (χ1) is 14.3. The fourth-order valence-corrected chi connectivity index (χ4v) is 4.97. The lowest BCUT2D eigenvalue weighted by molar-refractivity contribution is 0.304. The minimum Gasteiger partial charge on any atom is -0.0654 e. The van der Waals surface area contributed by atoms with Crippen LogP contribution in [0.4, 0.5) is 0 Å². The minimum absolute atomic E-state index is 0.808. The van der Waals surface area contributed by atoms with Crippen LogP contribution >= 0.6 is 0 Å². The third-order valence-electron chi connectivity index (χ3n) is 7.06. The Morgan fingerprint density at radius 1 is 0.586 bits per heavy atom. The van der Waals surface area contributed by atoms with Crippen molar-refractivity contribution in [3.8, 4) is 0 Å². The van der Waals surface area contributed by atoms with Crippen molar-refractivity contribution in [1.82, 2.24) is 0 Å². The molecule has 1 saturated carbocycles. The molecule has 0 aromatic heterocycles. The van der Waals surface area contributed by atoms with Crippen LogP contribution in [0, 0.1) is 5.92 Å². The van der Waals surface area contributed by atoms with E-state index >= 15 is 0 Å². The van der Waals surface area contributed by atoms with Crippen molar-refractivity contribution < 1.29 is 0 Å². The maximum absolute atomic E-state index is 2.42. The van der Waals surface area contributed by atoms with Gasteiger partial charge in [-0.15, -0.1) is 0 Å². The van der Waals surface area contributed by atoms with E-state index in [4.69, 9.17) is 0 Å². The number of unbranched alkanes of at least 4 members (excludes halogenated alkanes) is 3. The number of hydrogen-bond donors (Lipinski definition) is 0. The van der Waals surface area contributed by atoms with Gasteiger partial charge in [-0.3, -0.25) is 0 Å². The number of aryl methyl sites for hydroxylation is 3. The molecule has 0 radical (unpaired) electrons. The van der Waals surface area contributed by atoms with Crippen LogP contribution in [0.5, 0.6) is 0 Å². The number of hydrogen-bond acceptors (Lipinski definition) is 0. The molecule has 2 aromatic carbocycles. The molecule has 1 aliphatic rings. The molecule has 0 N–H and O–H groups in total. The fourth-order valence-electron chi connectivity index (χ4n) is 4.97. The monoisotopic (exact) mass is 390 g/mol. The lowest BCUT2D eigenvalue weighted by Crippen LogP contribution is -2.13. The molecule has 158 valence electrons. The molecule has 0 heteroatoms. The molecule has 0 saturated heterocycles. The van der Waals surface area contributed by atoms with Crippen LogP contribution in [0.15, 0.2) is 48.5 Å². The summed E-state index contributed by atoms with van der Waals surface area (Å²) in [5.41, 5.74) is 6.03. The minimum atomic E-state index is 0.808. The van der Waals surface area contributed by atoms with Crippen molar-refractivity contribution in [1.29, 1.82) is 0 Å². The summed E-state index contributed by atoms with van der Waals surface area (Å²) in [4.78, 5) is 0. The summed E-state index contributed by atoms with van der Waals surface area (Å²) in [5.74, 6) is 1.81. The third kappa shape index (κ3) is 7.32. The average Bonchev–Trinajstić information content (AvgIpc) is 2.78. The molecule has 1 fully saturated rings. The van der Waals surface area contributed by atoms with Gasteiger partial charge >= 0.3 is 0 Å². The molecule has 0 bridgehead atoms. The summed E-state index contributed by atoms with van der Waals surface area (Å²) >= 11 is 0. The van der Waals surface area contributed by atoms with Gasteiger partial charge < -0.3 is 0 Å². The predicted molar refractivity (Wildman–Crippen MR) is 128 cm³/mol. The normalized spacial score (nSPS) is 19.4. The van der Waals surface area contributed by atoms with E-state index in [0.29, 0.717) is 0 Å². The van der Waals surface area contributed by atoms with Gasteiger partial charge in [0.15, 0.2) is 0 Å². The van der Waals surface area contributed by atoms with E-state index in [9.17, 15) is 0 Å².